The van der Waals surface area contributed by atoms with E-state index in [9.17, 15) is 0 Å². The Bertz CT molecular complexity index is 828. The van der Waals surface area contributed by atoms with Crippen molar-refractivity contribution in [1.82, 2.24) is 25.4 Å². The third kappa shape index (κ3) is 2.82. The number of likely N-dealkylation sites (tertiary alicyclic amines) is 1. The number of aromatic nitrogens is 4. The van der Waals surface area contributed by atoms with Gasteiger partial charge >= 0.3 is 0 Å². The molecule has 0 aliphatic carbocycles. The van der Waals surface area contributed by atoms with E-state index in [4.69, 9.17) is 4.63 Å². The van der Waals surface area contributed by atoms with Gasteiger partial charge in [-0.2, -0.15) is 5.10 Å². The molecule has 1 aromatic carbocycles. The summed E-state index contributed by atoms with van der Waals surface area (Å²) in [6, 6.07) is 10.5. The molecule has 24 heavy (non-hydrogen) atoms. The fraction of sp³-hybridized carbons (Fsp3) is 0.412. The minimum Gasteiger partial charge on any atom is -0.361 e. The van der Waals surface area contributed by atoms with Crippen molar-refractivity contribution in [3.8, 4) is 0 Å². The second-order valence-corrected chi connectivity index (χ2v) is 6.43. The molecule has 1 saturated heterocycles. The summed E-state index contributed by atoms with van der Waals surface area (Å²) in [5, 5.41) is 16.5. The Morgan fingerprint density at radius 3 is 2.79 bits per heavy atom. The van der Waals surface area contributed by atoms with Crippen LogP contribution in [0.25, 0.3) is 11.0 Å². The molecule has 1 aliphatic heterocycles. The molecule has 4 rings (SSSR count). The van der Waals surface area contributed by atoms with Crippen molar-refractivity contribution in [1.29, 1.82) is 0 Å². The minimum absolute atomic E-state index is 0.319. The summed E-state index contributed by atoms with van der Waals surface area (Å²) >= 11 is 0. The zero-order valence-electron chi connectivity index (χ0n) is 13.9. The van der Waals surface area contributed by atoms with E-state index in [0.717, 1.165) is 42.1 Å². The van der Waals surface area contributed by atoms with Crippen LogP contribution in [0.3, 0.4) is 0 Å². The lowest BCUT2D eigenvalue weighted by molar-refractivity contribution is 0.243. The summed E-state index contributed by atoms with van der Waals surface area (Å²) in [6.45, 7) is 1.93. The quantitative estimate of drug-likeness (QED) is 0.730. The lowest BCUT2D eigenvalue weighted by Crippen LogP contribution is -2.24. The fourth-order valence-electron chi connectivity index (χ4n) is 3.26. The molecule has 1 unspecified atom stereocenters. The van der Waals surface area contributed by atoms with Crippen molar-refractivity contribution in [2.24, 2.45) is 0 Å². The molecule has 1 aliphatic rings. The Morgan fingerprint density at radius 1 is 1.12 bits per heavy atom. The van der Waals surface area contributed by atoms with Crippen molar-refractivity contribution < 1.29 is 4.63 Å². The number of anilines is 1. The van der Waals surface area contributed by atoms with Gasteiger partial charge in [0.05, 0.1) is 11.7 Å². The van der Waals surface area contributed by atoms with Gasteiger partial charge in [-0.1, -0.05) is 6.07 Å². The largest absolute Gasteiger partial charge is 0.361 e. The Morgan fingerprint density at radius 2 is 2.00 bits per heavy atom. The topological polar surface area (TPSA) is 71.2 Å². The maximum absolute atomic E-state index is 4.77. The number of benzene rings is 1. The monoisotopic (exact) mass is 324 g/mol. The predicted octanol–water partition coefficient (Wildman–Crippen LogP) is 2.42. The van der Waals surface area contributed by atoms with Gasteiger partial charge in [-0.05, 0) is 59.5 Å². The van der Waals surface area contributed by atoms with Gasteiger partial charge in [0.2, 0.25) is 0 Å². The average Bonchev–Trinajstić information content (AvgIpc) is 3.23. The first-order chi connectivity index (χ1) is 11.7. The van der Waals surface area contributed by atoms with Crippen LogP contribution in [0.2, 0.25) is 0 Å². The molecular weight excluding hydrogens is 304 g/mol. The van der Waals surface area contributed by atoms with E-state index in [-0.39, 0.29) is 0 Å². The van der Waals surface area contributed by atoms with E-state index in [2.05, 4.69) is 37.5 Å². The van der Waals surface area contributed by atoms with Crippen molar-refractivity contribution >= 4 is 16.9 Å². The van der Waals surface area contributed by atoms with Crippen LogP contribution in [0.15, 0.2) is 35.0 Å². The van der Waals surface area contributed by atoms with Crippen LogP contribution in [0.5, 0.6) is 0 Å². The zero-order chi connectivity index (χ0) is 16.5. The van der Waals surface area contributed by atoms with Gasteiger partial charge in [0.25, 0.3) is 0 Å². The molecule has 3 aromatic rings. The minimum atomic E-state index is 0.319. The Labute approximate surface area is 140 Å². The van der Waals surface area contributed by atoms with Gasteiger partial charge in [0, 0.05) is 20.6 Å². The van der Waals surface area contributed by atoms with Crippen molar-refractivity contribution in [2.75, 3.05) is 25.5 Å². The summed E-state index contributed by atoms with van der Waals surface area (Å²) in [5.41, 5.74) is 3.85. The maximum atomic E-state index is 4.77. The summed E-state index contributed by atoms with van der Waals surface area (Å²) in [4.78, 5) is 4.42. The van der Waals surface area contributed by atoms with Crippen LogP contribution >= 0.6 is 0 Å². The number of hydrogen-bond acceptors (Lipinski definition) is 7. The first-order valence-electron chi connectivity index (χ1n) is 8.17. The number of hydrogen-bond donors (Lipinski definition) is 0. The highest BCUT2D eigenvalue weighted by Gasteiger charge is 2.27. The van der Waals surface area contributed by atoms with E-state index in [1.54, 1.807) is 0 Å². The van der Waals surface area contributed by atoms with Gasteiger partial charge < -0.3 is 4.90 Å². The highest BCUT2D eigenvalue weighted by atomic mass is 16.6. The average molecular weight is 324 g/mol. The zero-order valence-corrected chi connectivity index (χ0v) is 13.9. The van der Waals surface area contributed by atoms with Crippen LogP contribution in [0.4, 0.5) is 5.82 Å². The summed E-state index contributed by atoms with van der Waals surface area (Å²) in [7, 11) is 3.95. The molecule has 7 heteroatoms. The van der Waals surface area contributed by atoms with Gasteiger partial charge in [-0.25, -0.2) is 4.63 Å². The molecule has 0 radical (unpaired) electrons. The Balaban J connectivity index is 1.53. The highest BCUT2D eigenvalue weighted by molar-refractivity contribution is 5.73. The number of rotatable bonds is 4. The first kappa shape index (κ1) is 15.0. The molecule has 0 N–H and O–H groups in total. The van der Waals surface area contributed by atoms with E-state index in [1.165, 1.54) is 12.0 Å². The SMILES string of the molecule is CN(C)c1ccc(C2CCCN2Cc2ccc3nonc3c2)nn1. The molecule has 0 saturated carbocycles. The van der Waals surface area contributed by atoms with E-state index >= 15 is 0 Å². The fourth-order valence-corrected chi connectivity index (χ4v) is 3.26. The molecule has 0 amide bonds. The maximum Gasteiger partial charge on any atom is 0.150 e. The second-order valence-electron chi connectivity index (χ2n) is 6.43. The molecule has 124 valence electrons. The lowest BCUT2D eigenvalue weighted by Gasteiger charge is -2.24. The third-order valence-electron chi connectivity index (χ3n) is 4.54. The molecular formula is C17H20N6O. The third-order valence-corrected chi connectivity index (χ3v) is 4.54. The van der Waals surface area contributed by atoms with Crippen LogP contribution in [0.1, 0.15) is 30.1 Å². The van der Waals surface area contributed by atoms with Crippen LogP contribution in [-0.2, 0) is 6.54 Å². The first-order valence-corrected chi connectivity index (χ1v) is 8.17. The number of nitrogens with zero attached hydrogens (tertiary/aromatic N) is 6. The summed E-state index contributed by atoms with van der Waals surface area (Å²) in [5.74, 6) is 0.882. The van der Waals surface area contributed by atoms with E-state index in [0.29, 0.717) is 6.04 Å². The van der Waals surface area contributed by atoms with Gasteiger partial charge in [0.1, 0.15) is 11.0 Å². The molecule has 1 atom stereocenters. The standard InChI is InChI=1S/C17H20N6O/c1-22(2)17-8-7-14(18-19-17)16-4-3-9-23(16)11-12-5-6-13-15(10-12)21-24-20-13/h5-8,10,16H,3-4,9,11H2,1-2H3. The van der Waals surface area contributed by atoms with E-state index < -0.39 is 0 Å². The summed E-state index contributed by atoms with van der Waals surface area (Å²) < 4.78 is 4.77. The second kappa shape index (κ2) is 6.16. The smallest absolute Gasteiger partial charge is 0.150 e. The van der Waals surface area contributed by atoms with Gasteiger partial charge in [0.15, 0.2) is 5.82 Å². The summed E-state index contributed by atoms with van der Waals surface area (Å²) in [6.07, 6.45) is 2.29. The van der Waals surface area contributed by atoms with Crippen molar-refractivity contribution in [3.63, 3.8) is 0 Å². The molecule has 2 aromatic heterocycles. The normalized spacial score (nSPS) is 18.3. The molecule has 7 nitrogen and oxygen atoms in total. The van der Waals surface area contributed by atoms with Gasteiger partial charge in [-0.3, -0.25) is 4.90 Å². The highest BCUT2D eigenvalue weighted by Crippen LogP contribution is 2.32. The molecule has 3 heterocycles. The van der Waals surface area contributed by atoms with Crippen molar-refractivity contribution in [2.45, 2.75) is 25.4 Å². The Hall–Kier alpha value is -2.54. The lowest BCUT2D eigenvalue weighted by atomic mass is 10.1. The Kier molecular flexibility index (Phi) is 3.86. The van der Waals surface area contributed by atoms with Crippen LogP contribution < -0.4 is 4.90 Å². The van der Waals surface area contributed by atoms with Crippen LogP contribution in [-0.4, -0.2) is 46.1 Å². The molecule has 1 fully saturated rings. The van der Waals surface area contributed by atoms with Gasteiger partial charge in [-0.15, -0.1) is 5.10 Å². The van der Waals surface area contributed by atoms with Crippen LogP contribution in [0, 0.1) is 0 Å². The predicted molar refractivity (Wildman–Crippen MR) is 90.5 cm³/mol. The molecule has 0 spiro atoms. The van der Waals surface area contributed by atoms with Crippen molar-refractivity contribution in [3.05, 3.63) is 41.6 Å². The number of fused-ring (bicyclic) bond motifs is 1. The van der Waals surface area contributed by atoms with E-state index in [1.807, 2.05) is 37.2 Å². The molecule has 0 bridgehead atoms.